The number of hydrogen-bond donors (Lipinski definition) is 0. The van der Waals surface area contributed by atoms with Crippen molar-refractivity contribution in [2.45, 2.75) is 26.3 Å². The maximum atomic E-state index is 12.8. The quantitative estimate of drug-likeness (QED) is 0.528. The van der Waals surface area contributed by atoms with Crippen LogP contribution in [-0.2, 0) is 11.3 Å². The molecule has 0 aliphatic carbocycles. The van der Waals surface area contributed by atoms with Crippen LogP contribution in [0.1, 0.15) is 29.5 Å². The van der Waals surface area contributed by atoms with Gasteiger partial charge in [-0.2, -0.15) is 0 Å². The van der Waals surface area contributed by atoms with Crippen molar-refractivity contribution in [3.05, 3.63) is 68.0 Å². The second-order valence-electron chi connectivity index (χ2n) is 7.24. The topological polar surface area (TPSA) is 40.6 Å². The van der Waals surface area contributed by atoms with Crippen LogP contribution < -0.4 is 4.90 Å². The SMILES string of the molecule is Cc1cc(N2CCCC2)ccc1/C=C1\SC(=O)N(Cc2ccc(Cl)cc2Cl)C1=O. The molecule has 0 spiro atoms. The fraction of sp³-hybridized carbons (Fsp3) is 0.273. The number of rotatable bonds is 4. The highest BCUT2D eigenvalue weighted by atomic mass is 35.5. The molecule has 0 saturated carbocycles. The van der Waals surface area contributed by atoms with Gasteiger partial charge >= 0.3 is 0 Å². The van der Waals surface area contributed by atoms with Gasteiger partial charge in [0.1, 0.15) is 0 Å². The largest absolute Gasteiger partial charge is 0.372 e. The van der Waals surface area contributed by atoms with Gasteiger partial charge in [0.05, 0.1) is 11.4 Å². The summed E-state index contributed by atoms with van der Waals surface area (Å²) in [4.78, 5) is 29.3. The zero-order valence-electron chi connectivity index (χ0n) is 16.0. The molecule has 2 amide bonds. The highest BCUT2D eigenvalue weighted by Crippen LogP contribution is 2.35. The lowest BCUT2D eigenvalue weighted by Crippen LogP contribution is -2.27. The van der Waals surface area contributed by atoms with Crippen LogP contribution in [0, 0.1) is 6.92 Å². The molecule has 29 heavy (non-hydrogen) atoms. The number of aryl methyl sites for hydroxylation is 1. The van der Waals surface area contributed by atoms with Crippen LogP contribution in [-0.4, -0.2) is 29.1 Å². The van der Waals surface area contributed by atoms with E-state index in [-0.39, 0.29) is 17.7 Å². The van der Waals surface area contributed by atoms with Crippen LogP contribution in [0.3, 0.4) is 0 Å². The number of carbonyl (C=O) groups is 2. The van der Waals surface area contributed by atoms with Gasteiger partial charge in [0.15, 0.2) is 0 Å². The molecule has 150 valence electrons. The summed E-state index contributed by atoms with van der Waals surface area (Å²) in [5, 5.41) is 0.660. The first-order valence-corrected chi connectivity index (χ1v) is 11.0. The molecule has 7 heteroatoms. The molecule has 2 aromatic carbocycles. The smallest absolute Gasteiger partial charge is 0.293 e. The molecule has 0 aromatic heterocycles. The summed E-state index contributed by atoms with van der Waals surface area (Å²) in [6.45, 7) is 4.34. The average molecular weight is 447 g/mol. The van der Waals surface area contributed by atoms with Crippen molar-refractivity contribution >= 4 is 57.9 Å². The third kappa shape index (κ3) is 4.32. The number of amides is 2. The number of hydrogen-bond acceptors (Lipinski definition) is 4. The predicted molar refractivity (Wildman–Crippen MR) is 121 cm³/mol. The Labute approximate surface area is 184 Å². The molecule has 0 N–H and O–H groups in total. The van der Waals surface area contributed by atoms with Gasteiger partial charge < -0.3 is 4.90 Å². The highest BCUT2D eigenvalue weighted by Gasteiger charge is 2.35. The minimum absolute atomic E-state index is 0.130. The van der Waals surface area contributed by atoms with Crippen molar-refractivity contribution in [2.24, 2.45) is 0 Å². The number of halogens is 2. The van der Waals surface area contributed by atoms with Crippen LogP contribution in [0.25, 0.3) is 6.08 Å². The van der Waals surface area contributed by atoms with Gasteiger partial charge in [0, 0.05) is 28.8 Å². The first-order chi connectivity index (χ1) is 13.9. The summed E-state index contributed by atoms with van der Waals surface area (Å²) < 4.78 is 0. The Hall–Kier alpha value is -1.95. The standard InChI is InChI=1S/C22H20Cl2N2O2S/c1-14-10-18(25-8-2-3-9-25)7-5-15(14)11-20-21(27)26(22(28)29-20)13-16-4-6-17(23)12-19(16)24/h4-7,10-12H,2-3,8-9,13H2,1H3/b20-11-. The van der Waals surface area contributed by atoms with Crippen LogP contribution in [0.4, 0.5) is 10.5 Å². The van der Waals surface area contributed by atoms with Gasteiger partial charge in [-0.15, -0.1) is 0 Å². The summed E-state index contributed by atoms with van der Waals surface area (Å²) in [5.74, 6) is -0.297. The van der Waals surface area contributed by atoms with E-state index in [1.54, 1.807) is 24.3 Å². The monoisotopic (exact) mass is 446 g/mol. The zero-order valence-corrected chi connectivity index (χ0v) is 18.3. The van der Waals surface area contributed by atoms with Crippen molar-refractivity contribution in [1.82, 2.24) is 4.90 Å². The summed E-state index contributed by atoms with van der Waals surface area (Å²) in [6, 6.07) is 11.3. The van der Waals surface area contributed by atoms with Gasteiger partial charge in [0.2, 0.25) is 0 Å². The lowest BCUT2D eigenvalue weighted by molar-refractivity contribution is -0.123. The van der Waals surface area contributed by atoms with Crippen molar-refractivity contribution < 1.29 is 9.59 Å². The van der Waals surface area contributed by atoms with Gasteiger partial charge in [-0.1, -0.05) is 35.3 Å². The van der Waals surface area contributed by atoms with Crippen molar-refractivity contribution in [3.8, 4) is 0 Å². The van der Waals surface area contributed by atoms with Gasteiger partial charge in [-0.3, -0.25) is 14.5 Å². The summed E-state index contributed by atoms with van der Waals surface area (Å²) >= 11 is 13.1. The van der Waals surface area contributed by atoms with Crippen LogP contribution >= 0.6 is 35.0 Å². The van der Waals surface area contributed by atoms with Crippen LogP contribution in [0.5, 0.6) is 0 Å². The third-order valence-corrected chi connectivity index (χ3v) is 6.72. The first-order valence-electron chi connectivity index (χ1n) is 9.47. The molecular formula is C22H20Cl2N2O2S. The van der Waals surface area contributed by atoms with E-state index in [9.17, 15) is 9.59 Å². The maximum Gasteiger partial charge on any atom is 0.293 e. The van der Waals surface area contributed by atoms with E-state index in [4.69, 9.17) is 23.2 Å². The Bertz CT molecular complexity index is 1020. The number of nitrogens with zero attached hydrogens (tertiary/aromatic N) is 2. The molecule has 4 rings (SSSR count). The molecule has 2 fully saturated rings. The van der Waals surface area contributed by atoms with E-state index >= 15 is 0 Å². The van der Waals surface area contributed by atoms with Gasteiger partial charge in [0.25, 0.3) is 11.1 Å². The van der Waals surface area contributed by atoms with Crippen LogP contribution in [0.2, 0.25) is 10.0 Å². The molecule has 2 heterocycles. The first kappa shape index (κ1) is 20.3. The Morgan fingerprint density at radius 3 is 2.52 bits per heavy atom. The number of imide groups is 1. The molecule has 4 nitrogen and oxygen atoms in total. The summed E-state index contributed by atoms with van der Waals surface area (Å²) in [6.07, 6.45) is 4.26. The molecule has 0 radical (unpaired) electrons. The fourth-order valence-electron chi connectivity index (χ4n) is 3.59. The van der Waals surface area contributed by atoms with Gasteiger partial charge in [-0.25, -0.2) is 0 Å². The molecule has 0 unspecified atom stereocenters. The van der Waals surface area contributed by atoms with E-state index < -0.39 is 0 Å². The minimum Gasteiger partial charge on any atom is -0.372 e. The lowest BCUT2D eigenvalue weighted by atomic mass is 10.1. The normalized spacial score (nSPS) is 18.4. The molecule has 2 aliphatic heterocycles. The molecule has 0 bridgehead atoms. The summed E-state index contributed by atoms with van der Waals surface area (Å²) in [7, 11) is 0. The molecule has 0 atom stereocenters. The Balaban J connectivity index is 1.54. The van der Waals surface area contributed by atoms with E-state index in [1.165, 1.54) is 23.4 Å². The van der Waals surface area contributed by atoms with E-state index in [2.05, 4.69) is 17.0 Å². The minimum atomic E-state index is -0.297. The molecular weight excluding hydrogens is 427 g/mol. The number of anilines is 1. The molecule has 2 saturated heterocycles. The Morgan fingerprint density at radius 2 is 1.83 bits per heavy atom. The van der Waals surface area contributed by atoms with E-state index in [0.29, 0.717) is 20.5 Å². The predicted octanol–water partition coefficient (Wildman–Crippen LogP) is 6.14. The average Bonchev–Trinajstić information content (AvgIpc) is 3.30. The molecule has 2 aromatic rings. The number of benzene rings is 2. The van der Waals surface area contributed by atoms with Crippen molar-refractivity contribution in [1.29, 1.82) is 0 Å². The third-order valence-electron chi connectivity index (χ3n) is 5.23. The lowest BCUT2D eigenvalue weighted by Gasteiger charge is -2.18. The number of thioether (sulfide) groups is 1. The maximum absolute atomic E-state index is 12.8. The van der Waals surface area contributed by atoms with E-state index in [1.807, 2.05) is 13.0 Å². The second kappa shape index (κ2) is 8.42. The van der Waals surface area contributed by atoms with Gasteiger partial charge in [-0.05, 0) is 78.6 Å². The Kier molecular flexibility index (Phi) is 5.91. The fourth-order valence-corrected chi connectivity index (χ4v) is 4.89. The second-order valence-corrected chi connectivity index (χ2v) is 9.08. The zero-order chi connectivity index (χ0) is 20.5. The summed E-state index contributed by atoms with van der Waals surface area (Å²) in [5.41, 5.74) is 3.93. The molecule has 2 aliphatic rings. The Morgan fingerprint density at radius 1 is 1.07 bits per heavy atom. The van der Waals surface area contributed by atoms with Crippen molar-refractivity contribution in [3.63, 3.8) is 0 Å². The van der Waals surface area contributed by atoms with Crippen LogP contribution in [0.15, 0.2) is 41.3 Å². The van der Waals surface area contributed by atoms with E-state index in [0.717, 1.165) is 36.0 Å². The van der Waals surface area contributed by atoms with Crippen molar-refractivity contribution in [2.75, 3.05) is 18.0 Å². The number of carbonyl (C=O) groups excluding carboxylic acids is 2. The highest BCUT2D eigenvalue weighted by molar-refractivity contribution is 8.18.